The van der Waals surface area contributed by atoms with Gasteiger partial charge >= 0.3 is 0 Å². The van der Waals surface area contributed by atoms with Crippen molar-refractivity contribution in [2.24, 2.45) is 5.10 Å². The number of hydrogen-bond acceptors (Lipinski definition) is 4. The molecule has 1 amide bonds. The van der Waals surface area contributed by atoms with Crippen molar-refractivity contribution in [3.05, 3.63) is 72.3 Å². The molecule has 1 unspecified atom stereocenters. The molecule has 3 rings (SSSR count). The van der Waals surface area contributed by atoms with Gasteiger partial charge in [-0.1, -0.05) is 42.5 Å². The van der Waals surface area contributed by atoms with Crippen LogP contribution >= 0.6 is 0 Å². The highest BCUT2D eigenvalue weighted by molar-refractivity contribution is 5.85. The molecule has 1 N–H and O–H groups in total. The van der Waals surface area contributed by atoms with E-state index < -0.39 is 6.10 Å². The highest BCUT2D eigenvalue weighted by Gasteiger charge is 2.14. The largest absolute Gasteiger partial charge is 0.481 e. The van der Waals surface area contributed by atoms with Gasteiger partial charge in [0, 0.05) is 19.8 Å². The molecule has 138 valence electrons. The van der Waals surface area contributed by atoms with Crippen molar-refractivity contribution in [2.45, 2.75) is 13.0 Å². The number of ether oxygens (including phenoxy) is 1. The molecule has 0 fully saturated rings. The van der Waals surface area contributed by atoms with Crippen LogP contribution in [0.15, 0.2) is 71.8 Å². The molecule has 0 aliphatic rings. The highest BCUT2D eigenvalue weighted by Crippen LogP contribution is 2.21. The van der Waals surface area contributed by atoms with Gasteiger partial charge in [-0.2, -0.15) is 5.10 Å². The summed E-state index contributed by atoms with van der Waals surface area (Å²) in [7, 11) is 3.97. The van der Waals surface area contributed by atoms with Crippen molar-refractivity contribution in [3.63, 3.8) is 0 Å². The van der Waals surface area contributed by atoms with Gasteiger partial charge in [0.2, 0.25) is 0 Å². The third-order valence-electron chi connectivity index (χ3n) is 4.20. The zero-order chi connectivity index (χ0) is 19.2. The maximum absolute atomic E-state index is 12.2. The van der Waals surface area contributed by atoms with E-state index in [0.29, 0.717) is 5.75 Å². The monoisotopic (exact) mass is 361 g/mol. The molecule has 27 heavy (non-hydrogen) atoms. The summed E-state index contributed by atoms with van der Waals surface area (Å²) in [6.45, 7) is 1.70. The number of fused-ring (bicyclic) bond motifs is 1. The molecule has 0 aliphatic carbocycles. The van der Waals surface area contributed by atoms with Crippen LogP contribution in [-0.4, -0.2) is 32.3 Å². The lowest BCUT2D eigenvalue weighted by Crippen LogP contribution is -2.33. The first kappa shape index (κ1) is 18.5. The number of carbonyl (C=O) groups excluding carboxylic acids is 1. The van der Waals surface area contributed by atoms with Crippen molar-refractivity contribution in [1.82, 2.24) is 5.43 Å². The molecule has 0 saturated carbocycles. The second-order valence-corrected chi connectivity index (χ2v) is 6.49. The number of amides is 1. The second-order valence-electron chi connectivity index (χ2n) is 6.49. The van der Waals surface area contributed by atoms with E-state index >= 15 is 0 Å². The Morgan fingerprint density at radius 1 is 1.04 bits per heavy atom. The number of benzene rings is 3. The quantitative estimate of drug-likeness (QED) is 0.536. The Labute approximate surface area is 159 Å². The average Bonchev–Trinajstić information content (AvgIpc) is 2.68. The summed E-state index contributed by atoms with van der Waals surface area (Å²) in [4.78, 5) is 14.2. The lowest BCUT2D eigenvalue weighted by Gasteiger charge is -2.13. The molecule has 1 atom stereocenters. The molecular weight excluding hydrogens is 338 g/mol. The van der Waals surface area contributed by atoms with Crippen LogP contribution in [0.5, 0.6) is 5.75 Å². The fourth-order valence-electron chi connectivity index (χ4n) is 2.62. The molecule has 5 heteroatoms. The molecule has 0 saturated heterocycles. The van der Waals surface area contributed by atoms with Crippen LogP contribution in [0.25, 0.3) is 10.8 Å². The summed E-state index contributed by atoms with van der Waals surface area (Å²) >= 11 is 0. The van der Waals surface area contributed by atoms with Crippen molar-refractivity contribution >= 4 is 28.6 Å². The number of carbonyl (C=O) groups is 1. The van der Waals surface area contributed by atoms with Gasteiger partial charge in [-0.25, -0.2) is 5.43 Å². The van der Waals surface area contributed by atoms with Crippen molar-refractivity contribution in [3.8, 4) is 5.75 Å². The molecule has 5 nitrogen and oxygen atoms in total. The first-order chi connectivity index (χ1) is 13.0. The number of nitrogens with one attached hydrogen (secondary N) is 1. The van der Waals surface area contributed by atoms with Crippen LogP contribution in [0.2, 0.25) is 0 Å². The van der Waals surface area contributed by atoms with Crippen LogP contribution in [0.1, 0.15) is 12.5 Å². The Morgan fingerprint density at radius 3 is 2.44 bits per heavy atom. The standard InChI is InChI=1S/C22H23N3O2/c1-16(27-21-13-10-18-6-4-5-7-19(18)14-21)22(26)24-23-15-17-8-11-20(12-9-17)25(2)3/h4-16H,1-3H3,(H,24,26). The fraction of sp³-hybridized carbons (Fsp3) is 0.182. The fourth-order valence-corrected chi connectivity index (χ4v) is 2.62. The molecule has 0 aromatic heterocycles. The Kier molecular flexibility index (Phi) is 5.71. The van der Waals surface area contributed by atoms with E-state index in [2.05, 4.69) is 10.5 Å². The molecule has 0 spiro atoms. The SMILES string of the molecule is CC(Oc1ccc2ccccc2c1)C(=O)NN=Cc1ccc(N(C)C)cc1. The van der Waals surface area contributed by atoms with Crippen LogP contribution in [0.4, 0.5) is 5.69 Å². The van der Waals surface area contributed by atoms with E-state index in [0.717, 1.165) is 22.0 Å². The molecule has 0 radical (unpaired) electrons. The first-order valence-corrected chi connectivity index (χ1v) is 8.79. The van der Waals surface area contributed by atoms with Gasteiger partial charge in [-0.05, 0) is 47.5 Å². The van der Waals surface area contributed by atoms with Crippen LogP contribution in [0.3, 0.4) is 0 Å². The first-order valence-electron chi connectivity index (χ1n) is 8.79. The summed E-state index contributed by atoms with van der Waals surface area (Å²) in [6.07, 6.45) is 0.958. The van der Waals surface area contributed by atoms with E-state index in [1.165, 1.54) is 0 Å². The third kappa shape index (κ3) is 4.85. The van der Waals surface area contributed by atoms with Gasteiger partial charge in [0.1, 0.15) is 5.75 Å². The Bertz CT molecular complexity index is 949. The van der Waals surface area contributed by atoms with Gasteiger partial charge in [-0.3, -0.25) is 4.79 Å². The number of nitrogens with zero attached hydrogens (tertiary/aromatic N) is 2. The van der Waals surface area contributed by atoms with Crippen LogP contribution in [-0.2, 0) is 4.79 Å². The summed E-state index contributed by atoms with van der Waals surface area (Å²) < 4.78 is 5.74. The Balaban J connectivity index is 1.56. The zero-order valence-electron chi connectivity index (χ0n) is 15.7. The van der Waals surface area contributed by atoms with Crippen LogP contribution in [0, 0.1) is 0 Å². The maximum atomic E-state index is 12.2. The maximum Gasteiger partial charge on any atom is 0.280 e. The average molecular weight is 361 g/mol. The lowest BCUT2D eigenvalue weighted by molar-refractivity contribution is -0.127. The molecular formula is C22H23N3O2. The van der Waals surface area contributed by atoms with E-state index in [1.807, 2.05) is 85.7 Å². The normalized spacial score (nSPS) is 12.1. The summed E-state index contributed by atoms with van der Waals surface area (Å²) in [5, 5.41) is 6.21. The minimum atomic E-state index is -0.653. The number of rotatable bonds is 6. The van der Waals surface area contributed by atoms with Gasteiger partial charge in [0.25, 0.3) is 5.91 Å². The Hall–Kier alpha value is -3.34. The minimum Gasteiger partial charge on any atom is -0.481 e. The molecule has 3 aromatic rings. The summed E-state index contributed by atoms with van der Waals surface area (Å²) in [6, 6.07) is 21.7. The topological polar surface area (TPSA) is 53.9 Å². The molecule has 0 heterocycles. The zero-order valence-corrected chi connectivity index (χ0v) is 15.7. The smallest absolute Gasteiger partial charge is 0.280 e. The van der Waals surface area contributed by atoms with E-state index in [-0.39, 0.29) is 5.91 Å². The van der Waals surface area contributed by atoms with E-state index in [4.69, 9.17) is 4.74 Å². The van der Waals surface area contributed by atoms with Crippen molar-refractivity contribution in [1.29, 1.82) is 0 Å². The molecule has 0 aliphatic heterocycles. The predicted octanol–water partition coefficient (Wildman–Crippen LogP) is 3.82. The van der Waals surface area contributed by atoms with Gasteiger partial charge in [0.15, 0.2) is 6.10 Å². The Morgan fingerprint density at radius 2 is 1.74 bits per heavy atom. The third-order valence-corrected chi connectivity index (χ3v) is 4.20. The summed E-state index contributed by atoms with van der Waals surface area (Å²) in [5.74, 6) is 0.351. The second kappa shape index (κ2) is 8.36. The number of anilines is 1. The number of hydrogen-bond donors (Lipinski definition) is 1. The van der Waals surface area contributed by atoms with E-state index in [9.17, 15) is 4.79 Å². The van der Waals surface area contributed by atoms with Crippen LogP contribution < -0.4 is 15.1 Å². The number of hydrazone groups is 1. The van der Waals surface area contributed by atoms with Gasteiger partial charge < -0.3 is 9.64 Å². The predicted molar refractivity (Wildman–Crippen MR) is 111 cm³/mol. The minimum absolute atomic E-state index is 0.302. The lowest BCUT2D eigenvalue weighted by atomic mass is 10.1. The van der Waals surface area contributed by atoms with Gasteiger partial charge in [0.05, 0.1) is 6.21 Å². The summed E-state index contributed by atoms with van der Waals surface area (Å²) in [5.41, 5.74) is 4.53. The van der Waals surface area contributed by atoms with E-state index in [1.54, 1.807) is 13.1 Å². The van der Waals surface area contributed by atoms with Gasteiger partial charge in [-0.15, -0.1) is 0 Å². The van der Waals surface area contributed by atoms with Crippen molar-refractivity contribution < 1.29 is 9.53 Å². The molecule has 0 bridgehead atoms. The van der Waals surface area contributed by atoms with Crippen molar-refractivity contribution in [2.75, 3.05) is 19.0 Å². The highest BCUT2D eigenvalue weighted by atomic mass is 16.5. The molecule has 3 aromatic carbocycles.